The standard InChI is InChI=1S/C27H39F2N7O/c1-17(2)15-36(16-18(3)4)24-10-7-19(27(11-5-6-12-27)25(34-30)35-31)13-23(24)33-26(37)32-22-9-8-20(28)14-21(22)29/h7-10,13-14,17-18H,5-6,11-12,15-16,30-31H2,1-4H3,(H,34,35)(H2,32,33,37). The van der Waals surface area contributed by atoms with E-state index in [1.165, 1.54) is 6.07 Å². The molecule has 37 heavy (non-hydrogen) atoms. The van der Waals surface area contributed by atoms with Crippen molar-refractivity contribution in [1.82, 2.24) is 5.43 Å². The molecule has 10 heteroatoms. The van der Waals surface area contributed by atoms with Gasteiger partial charge in [0, 0.05) is 19.2 Å². The van der Waals surface area contributed by atoms with Crippen LogP contribution in [0.15, 0.2) is 41.5 Å². The summed E-state index contributed by atoms with van der Waals surface area (Å²) < 4.78 is 27.5. The Kier molecular flexibility index (Phi) is 9.31. The molecule has 2 aromatic rings. The van der Waals surface area contributed by atoms with E-state index in [0.717, 1.165) is 62.2 Å². The fourth-order valence-corrected chi connectivity index (χ4v) is 5.17. The first-order valence-corrected chi connectivity index (χ1v) is 12.8. The summed E-state index contributed by atoms with van der Waals surface area (Å²) in [6.07, 6.45) is 3.59. The summed E-state index contributed by atoms with van der Waals surface area (Å²) in [7, 11) is 0. The first-order valence-electron chi connectivity index (χ1n) is 12.8. The molecule has 0 atom stereocenters. The van der Waals surface area contributed by atoms with Crippen LogP contribution in [-0.4, -0.2) is 25.0 Å². The highest BCUT2D eigenvalue weighted by molar-refractivity contribution is 6.02. The number of anilines is 3. The zero-order valence-corrected chi connectivity index (χ0v) is 22.1. The molecule has 0 bridgehead atoms. The van der Waals surface area contributed by atoms with Crippen molar-refractivity contribution < 1.29 is 13.6 Å². The molecule has 2 aromatic carbocycles. The van der Waals surface area contributed by atoms with Crippen molar-refractivity contribution in [2.45, 2.75) is 58.8 Å². The Bertz CT molecular complexity index is 1100. The number of carbonyl (C=O) groups excluding carboxylic acids is 1. The zero-order valence-electron chi connectivity index (χ0n) is 22.1. The van der Waals surface area contributed by atoms with Crippen LogP contribution < -0.4 is 32.6 Å². The Morgan fingerprint density at radius 2 is 1.62 bits per heavy atom. The lowest BCUT2D eigenvalue weighted by Crippen LogP contribution is -2.46. The van der Waals surface area contributed by atoms with E-state index in [2.05, 4.69) is 53.8 Å². The van der Waals surface area contributed by atoms with Crippen molar-refractivity contribution >= 4 is 28.9 Å². The summed E-state index contributed by atoms with van der Waals surface area (Å²) in [4.78, 5) is 15.3. The molecule has 1 aliphatic rings. The number of carbonyl (C=O) groups is 1. The van der Waals surface area contributed by atoms with Crippen molar-refractivity contribution in [2.75, 3.05) is 28.6 Å². The Morgan fingerprint density at radius 1 is 1.00 bits per heavy atom. The average molecular weight is 516 g/mol. The van der Waals surface area contributed by atoms with Crippen LogP contribution in [0.4, 0.5) is 30.6 Å². The molecule has 8 nitrogen and oxygen atoms in total. The lowest BCUT2D eigenvalue weighted by Gasteiger charge is -2.34. The molecule has 202 valence electrons. The quantitative estimate of drug-likeness (QED) is 0.135. The van der Waals surface area contributed by atoms with Gasteiger partial charge in [-0.2, -0.15) is 5.10 Å². The van der Waals surface area contributed by atoms with Gasteiger partial charge < -0.3 is 26.8 Å². The monoisotopic (exact) mass is 515 g/mol. The maximum atomic E-state index is 14.2. The van der Waals surface area contributed by atoms with Crippen LogP contribution in [-0.2, 0) is 5.41 Å². The molecule has 3 rings (SSSR count). The molecule has 1 saturated carbocycles. The molecule has 1 fully saturated rings. The third-order valence-electron chi connectivity index (χ3n) is 6.66. The van der Waals surface area contributed by atoms with Crippen LogP contribution in [0.5, 0.6) is 0 Å². The van der Waals surface area contributed by atoms with Crippen LogP contribution in [0.25, 0.3) is 0 Å². The Labute approximate surface area is 217 Å². The highest BCUT2D eigenvalue weighted by Gasteiger charge is 2.41. The number of urea groups is 1. The van der Waals surface area contributed by atoms with Gasteiger partial charge in [-0.05, 0) is 54.5 Å². The topological polar surface area (TPSA) is 121 Å². The van der Waals surface area contributed by atoms with Crippen LogP contribution in [0.3, 0.4) is 0 Å². The van der Waals surface area contributed by atoms with Gasteiger partial charge in [-0.1, -0.05) is 46.6 Å². The van der Waals surface area contributed by atoms with Crippen LogP contribution in [0.2, 0.25) is 0 Å². The van der Waals surface area contributed by atoms with E-state index < -0.39 is 23.1 Å². The number of amides is 2. The SMILES string of the molecule is CC(C)CN(CC(C)C)c1ccc(C2(/C(=N/N)NN)CCCC2)cc1NC(=O)Nc1ccc(F)cc1F. The van der Waals surface area contributed by atoms with Crippen molar-refractivity contribution in [3.63, 3.8) is 0 Å². The third kappa shape index (κ3) is 6.68. The number of rotatable bonds is 9. The number of nitrogens with two attached hydrogens (primary N) is 2. The summed E-state index contributed by atoms with van der Waals surface area (Å²) >= 11 is 0. The van der Waals surface area contributed by atoms with Crippen LogP contribution >= 0.6 is 0 Å². The number of hydrazone groups is 1. The lowest BCUT2D eigenvalue weighted by atomic mass is 9.77. The second-order valence-corrected chi connectivity index (χ2v) is 10.5. The maximum Gasteiger partial charge on any atom is 0.323 e. The molecule has 0 spiro atoms. The first kappa shape index (κ1) is 28.2. The largest absolute Gasteiger partial charge is 0.369 e. The van der Waals surface area contributed by atoms with Crippen molar-refractivity contribution in [3.05, 3.63) is 53.6 Å². The van der Waals surface area contributed by atoms with Gasteiger partial charge in [0.1, 0.15) is 17.5 Å². The predicted molar refractivity (Wildman–Crippen MR) is 146 cm³/mol. The van der Waals surface area contributed by atoms with E-state index >= 15 is 0 Å². The van der Waals surface area contributed by atoms with Gasteiger partial charge in [0.25, 0.3) is 0 Å². The Morgan fingerprint density at radius 3 is 2.16 bits per heavy atom. The number of hydrogen-bond acceptors (Lipinski definition) is 5. The van der Waals surface area contributed by atoms with Gasteiger partial charge in [0.15, 0.2) is 0 Å². The Balaban J connectivity index is 2.05. The van der Waals surface area contributed by atoms with E-state index in [4.69, 9.17) is 11.7 Å². The molecule has 0 saturated heterocycles. The molecular weight excluding hydrogens is 476 g/mol. The van der Waals surface area contributed by atoms with E-state index in [9.17, 15) is 13.6 Å². The van der Waals surface area contributed by atoms with Gasteiger partial charge in [-0.15, -0.1) is 0 Å². The fraction of sp³-hybridized carbons (Fsp3) is 0.481. The fourth-order valence-electron chi connectivity index (χ4n) is 5.17. The number of benzene rings is 2. The van der Waals surface area contributed by atoms with Gasteiger partial charge in [-0.25, -0.2) is 19.4 Å². The molecule has 0 heterocycles. The zero-order chi connectivity index (χ0) is 27.2. The second kappa shape index (κ2) is 12.2. The second-order valence-electron chi connectivity index (χ2n) is 10.5. The van der Waals surface area contributed by atoms with Crippen molar-refractivity contribution in [2.24, 2.45) is 28.6 Å². The highest BCUT2D eigenvalue weighted by Crippen LogP contribution is 2.44. The number of amidine groups is 1. The van der Waals surface area contributed by atoms with Crippen LogP contribution in [0.1, 0.15) is 58.9 Å². The lowest BCUT2D eigenvalue weighted by molar-refractivity contribution is 0.262. The molecule has 0 unspecified atom stereocenters. The summed E-state index contributed by atoms with van der Waals surface area (Å²) in [6.45, 7) is 10.1. The maximum absolute atomic E-state index is 14.2. The molecule has 0 aromatic heterocycles. The van der Waals surface area contributed by atoms with E-state index in [0.29, 0.717) is 23.4 Å². The molecule has 0 radical (unpaired) electrons. The minimum atomic E-state index is -0.854. The molecule has 0 aliphatic heterocycles. The minimum absolute atomic E-state index is 0.116. The summed E-state index contributed by atoms with van der Waals surface area (Å²) in [5.74, 6) is 11.2. The minimum Gasteiger partial charge on any atom is -0.369 e. The first-order chi connectivity index (χ1) is 17.6. The summed E-state index contributed by atoms with van der Waals surface area (Å²) in [5, 5.41) is 9.33. The van der Waals surface area contributed by atoms with Crippen molar-refractivity contribution in [1.29, 1.82) is 0 Å². The number of nitrogens with one attached hydrogen (secondary N) is 3. The van der Waals surface area contributed by atoms with Gasteiger partial charge in [-0.3, -0.25) is 0 Å². The summed E-state index contributed by atoms with van der Waals surface area (Å²) in [5.41, 5.74) is 4.39. The van der Waals surface area contributed by atoms with Gasteiger partial charge >= 0.3 is 6.03 Å². The third-order valence-corrected chi connectivity index (χ3v) is 6.66. The number of nitrogens with zero attached hydrogens (tertiary/aromatic N) is 2. The van der Waals surface area contributed by atoms with E-state index in [1.807, 2.05) is 18.2 Å². The average Bonchev–Trinajstić information content (AvgIpc) is 3.31. The van der Waals surface area contributed by atoms with E-state index in [-0.39, 0.29) is 5.69 Å². The van der Waals surface area contributed by atoms with Gasteiger partial charge in [0.2, 0.25) is 0 Å². The Hall–Kier alpha value is -3.40. The number of hydrazine groups is 1. The highest BCUT2D eigenvalue weighted by atomic mass is 19.1. The normalized spacial score (nSPS) is 15.2. The van der Waals surface area contributed by atoms with E-state index in [1.54, 1.807) is 0 Å². The summed E-state index contributed by atoms with van der Waals surface area (Å²) in [6, 6.07) is 8.34. The molecule has 1 aliphatic carbocycles. The molecule has 7 N–H and O–H groups in total. The van der Waals surface area contributed by atoms with Crippen molar-refractivity contribution in [3.8, 4) is 0 Å². The predicted octanol–water partition coefficient (Wildman–Crippen LogP) is 5.27. The number of halogens is 2. The smallest absolute Gasteiger partial charge is 0.323 e. The van der Waals surface area contributed by atoms with Gasteiger partial charge in [0.05, 0.1) is 22.5 Å². The number of hydrogen-bond donors (Lipinski definition) is 5. The molecular formula is C27H39F2N7O. The van der Waals surface area contributed by atoms with Crippen LogP contribution in [0, 0.1) is 23.5 Å². The molecule has 2 amide bonds.